The molecule has 0 saturated carbocycles. The van der Waals surface area contributed by atoms with E-state index in [1.807, 2.05) is 18.3 Å². The first kappa shape index (κ1) is 12.2. The van der Waals surface area contributed by atoms with Crippen LogP contribution in [0.25, 0.3) is 0 Å². The van der Waals surface area contributed by atoms with Crippen molar-refractivity contribution >= 4 is 5.91 Å². The number of hydrogen-bond acceptors (Lipinski definition) is 5. The van der Waals surface area contributed by atoms with Gasteiger partial charge in [0.25, 0.3) is 5.91 Å². The van der Waals surface area contributed by atoms with E-state index < -0.39 is 0 Å². The number of amides is 1. The molecule has 1 atom stereocenters. The van der Waals surface area contributed by atoms with Gasteiger partial charge in [0.1, 0.15) is 11.8 Å². The van der Waals surface area contributed by atoms with Crippen LogP contribution in [-0.4, -0.2) is 27.4 Å². The molecule has 3 rings (SSSR count). The summed E-state index contributed by atoms with van der Waals surface area (Å²) < 4.78 is 11.9. The quantitative estimate of drug-likeness (QED) is 0.760. The van der Waals surface area contributed by atoms with Gasteiger partial charge in [-0.1, -0.05) is 5.16 Å². The minimum Gasteiger partial charge on any atom is -0.467 e. The predicted molar refractivity (Wildman–Crippen MR) is 67.9 cm³/mol. The van der Waals surface area contributed by atoms with Crippen LogP contribution in [0.5, 0.6) is 0 Å². The first-order valence-corrected chi connectivity index (χ1v) is 6.06. The SMILES string of the molecule is O=C(NC[C@@H](c1ccco1)n1cccn1)c1ccno1. The number of carbonyl (C=O) groups excluding carboxylic acids is 1. The largest absolute Gasteiger partial charge is 0.467 e. The highest BCUT2D eigenvalue weighted by Crippen LogP contribution is 2.17. The van der Waals surface area contributed by atoms with Crippen LogP contribution >= 0.6 is 0 Å². The first-order valence-electron chi connectivity index (χ1n) is 6.06. The van der Waals surface area contributed by atoms with Crippen molar-refractivity contribution in [2.75, 3.05) is 6.54 Å². The number of rotatable bonds is 5. The summed E-state index contributed by atoms with van der Waals surface area (Å²) in [5.41, 5.74) is 0. The third kappa shape index (κ3) is 2.46. The van der Waals surface area contributed by atoms with Gasteiger partial charge in [0, 0.05) is 25.0 Å². The average Bonchev–Trinajstić information content (AvgIpc) is 3.22. The lowest BCUT2D eigenvalue weighted by molar-refractivity contribution is 0.0911. The fraction of sp³-hybridized carbons (Fsp3) is 0.154. The monoisotopic (exact) mass is 272 g/mol. The molecule has 0 aromatic carbocycles. The topological polar surface area (TPSA) is 86.1 Å². The Morgan fingerprint density at radius 3 is 2.95 bits per heavy atom. The van der Waals surface area contributed by atoms with Crippen molar-refractivity contribution in [3.8, 4) is 0 Å². The van der Waals surface area contributed by atoms with Crippen molar-refractivity contribution < 1.29 is 13.7 Å². The Kier molecular flexibility index (Phi) is 3.32. The summed E-state index contributed by atoms with van der Waals surface area (Å²) >= 11 is 0. The van der Waals surface area contributed by atoms with Crippen LogP contribution in [0.15, 0.2) is 58.1 Å². The molecule has 0 radical (unpaired) electrons. The molecule has 0 bridgehead atoms. The van der Waals surface area contributed by atoms with Gasteiger partial charge in [0.05, 0.1) is 12.5 Å². The average molecular weight is 272 g/mol. The van der Waals surface area contributed by atoms with E-state index >= 15 is 0 Å². The van der Waals surface area contributed by atoms with E-state index in [1.165, 1.54) is 12.3 Å². The molecule has 0 aliphatic carbocycles. The molecule has 0 aliphatic heterocycles. The molecule has 0 spiro atoms. The van der Waals surface area contributed by atoms with E-state index in [0.29, 0.717) is 12.3 Å². The molecule has 0 aliphatic rings. The Morgan fingerprint density at radius 1 is 1.35 bits per heavy atom. The molecule has 0 fully saturated rings. The van der Waals surface area contributed by atoms with E-state index in [1.54, 1.807) is 23.2 Å². The van der Waals surface area contributed by atoms with Gasteiger partial charge in [0.15, 0.2) is 0 Å². The summed E-state index contributed by atoms with van der Waals surface area (Å²) in [5.74, 6) is 0.557. The van der Waals surface area contributed by atoms with E-state index in [2.05, 4.69) is 15.6 Å². The highest BCUT2D eigenvalue weighted by atomic mass is 16.5. The second-order valence-electron chi connectivity index (χ2n) is 4.10. The van der Waals surface area contributed by atoms with E-state index in [9.17, 15) is 4.79 Å². The van der Waals surface area contributed by atoms with Crippen LogP contribution in [-0.2, 0) is 0 Å². The van der Waals surface area contributed by atoms with E-state index in [-0.39, 0.29) is 17.7 Å². The maximum Gasteiger partial charge on any atom is 0.289 e. The second kappa shape index (κ2) is 5.43. The second-order valence-corrected chi connectivity index (χ2v) is 4.10. The van der Waals surface area contributed by atoms with Crippen molar-refractivity contribution in [2.24, 2.45) is 0 Å². The van der Waals surface area contributed by atoms with Crippen molar-refractivity contribution in [1.82, 2.24) is 20.3 Å². The first-order chi connectivity index (χ1) is 9.84. The van der Waals surface area contributed by atoms with Crippen LogP contribution in [0.4, 0.5) is 0 Å². The molecule has 102 valence electrons. The van der Waals surface area contributed by atoms with Gasteiger partial charge in [0.2, 0.25) is 5.76 Å². The molecule has 3 aromatic rings. The summed E-state index contributed by atoms with van der Waals surface area (Å²) in [5, 5.41) is 10.4. The zero-order valence-corrected chi connectivity index (χ0v) is 10.5. The fourth-order valence-corrected chi connectivity index (χ4v) is 1.88. The lowest BCUT2D eigenvalue weighted by Gasteiger charge is -2.15. The van der Waals surface area contributed by atoms with E-state index in [4.69, 9.17) is 8.94 Å². The Balaban J connectivity index is 1.73. The molecule has 7 nitrogen and oxygen atoms in total. The lowest BCUT2D eigenvalue weighted by atomic mass is 10.2. The minimum atomic E-state index is -0.328. The van der Waals surface area contributed by atoms with Gasteiger partial charge in [-0.05, 0) is 18.2 Å². The number of nitrogens with zero attached hydrogens (tertiary/aromatic N) is 3. The molecule has 0 saturated heterocycles. The van der Waals surface area contributed by atoms with Crippen LogP contribution < -0.4 is 5.32 Å². The molecule has 1 amide bonds. The molecule has 7 heteroatoms. The number of furan rings is 1. The standard InChI is InChI=1S/C13H12N4O3/c18-13(12-4-6-16-20-12)14-9-10(11-3-1-8-19-11)17-7-2-5-15-17/h1-8,10H,9H2,(H,14,18)/t10-/m0/s1. The summed E-state index contributed by atoms with van der Waals surface area (Å²) in [6.45, 7) is 0.328. The molecule has 3 heterocycles. The molecule has 3 aromatic heterocycles. The predicted octanol–water partition coefficient (Wildman–Crippen LogP) is 1.48. The fourth-order valence-electron chi connectivity index (χ4n) is 1.88. The number of aromatic nitrogens is 3. The number of nitrogens with one attached hydrogen (secondary N) is 1. The smallest absolute Gasteiger partial charge is 0.289 e. The summed E-state index contributed by atoms with van der Waals surface area (Å²) in [6, 6.07) is 6.74. The molecule has 20 heavy (non-hydrogen) atoms. The van der Waals surface area contributed by atoms with Crippen LogP contribution in [0, 0.1) is 0 Å². The Morgan fingerprint density at radius 2 is 2.30 bits per heavy atom. The number of carbonyl (C=O) groups is 1. The summed E-state index contributed by atoms with van der Waals surface area (Å²) in [4.78, 5) is 11.8. The van der Waals surface area contributed by atoms with Gasteiger partial charge in [-0.2, -0.15) is 5.10 Å². The van der Waals surface area contributed by atoms with Crippen LogP contribution in [0.3, 0.4) is 0 Å². The summed E-state index contributed by atoms with van der Waals surface area (Å²) in [6.07, 6.45) is 6.50. The third-order valence-electron chi connectivity index (χ3n) is 2.83. The van der Waals surface area contributed by atoms with Gasteiger partial charge in [-0.3, -0.25) is 9.48 Å². The highest BCUT2D eigenvalue weighted by molar-refractivity contribution is 5.91. The maximum absolute atomic E-state index is 11.8. The summed E-state index contributed by atoms with van der Waals surface area (Å²) in [7, 11) is 0. The molecule has 0 unspecified atom stereocenters. The van der Waals surface area contributed by atoms with Crippen molar-refractivity contribution in [2.45, 2.75) is 6.04 Å². The molecular weight excluding hydrogens is 260 g/mol. The highest BCUT2D eigenvalue weighted by Gasteiger charge is 2.19. The van der Waals surface area contributed by atoms with Crippen LogP contribution in [0.2, 0.25) is 0 Å². The maximum atomic E-state index is 11.8. The van der Waals surface area contributed by atoms with E-state index in [0.717, 1.165) is 0 Å². The van der Waals surface area contributed by atoms with Crippen molar-refractivity contribution in [3.63, 3.8) is 0 Å². The molecular formula is C13H12N4O3. The molecule has 1 N–H and O–H groups in total. The van der Waals surface area contributed by atoms with Gasteiger partial charge < -0.3 is 14.3 Å². The zero-order chi connectivity index (χ0) is 13.8. The Hall–Kier alpha value is -2.83. The van der Waals surface area contributed by atoms with Gasteiger partial charge >= 0.3 is 0 Å². The Bertz CT molecular complexity index is 610. The lowest BCUT2D eigenvalue weighted by Crippen LogP contribution is -2.31. The van der Waals surface area contributed by atoms with Crippen molar-refractivity contribution in [1.29, 1.82) is 0 Å². The van der Waals surface area contributed by atoms with Gasteiger partial charge in [-0.15, -0.1) is 0 Å². The zero-order valence-electron chi connectivity index (χ0n) is 10.5. The third-order valence-corrected chi connectivity index (χ3v) is 2.83. The Labute approximate surface area is 114 Å². The van der Waals surface area contributed by atoms with Gasteiger partial charge in [-0.25, -0.2) is 0 Å². The number of hydrogen-bond donors (Lipinski definition) is 1. The normalized spacial score (nSPS) is 12.2. The van der Waals surface area contributed by atoms with Crippen molar-refractivity contribution in [3.05, 3.63) is 60.6 Å². The van der Waals surface area contributed by atoms with Crippen LogP contribution in [0.1, 0.15) is 22.4 Å². The minimum absolute atomic E-state index is 0.170.